The number of anilines is 1. The van der Waals surface area contributed by atoms with Crippen LogP contribution in [0.25, 0.3) is 0 Å². The molecule has 0 bridgehead atoms. The lowest BCUT2D eigenvalue weighted by Crippen LogP contribution is -2.12. The van der Waals surface area contributed by atoms with E-state index in [1.54, 1.807) is 0 Å². The van der Waals surface area contributed by atoms with E-state index in [2.05, 4.69) is 22.8 Å². The van der Waals surface area contributed by atoms with E-state index >= 15 is 0 Å². The van der Waals surface area contributed by atoms with Crippen LogP contribution in [0.1, 0.15) is 0 Å². The van der Waals surface area contributed by atoms with Gasteiger partial charge in [-0.15, -0.1) is 12.6 Å². The van der Waals surface area contributed by atoms with E-state index in [0.29, 0.717) is 4.90 Å². The number of thiol groups is 1. The minimum Gasteiger partial charge on any atom is -0.393 e. The average Bonchev–Trinajstić information content (AvgIpc) is 1.83. The zero-order valence-electron chi connectivity index (χ0n) is 4.46. The number of aromatic amines is 1. The van der Waals surface area contributed by atoms with Gasteiger partial charge < -0.3 is 5.73 Å². The number of H-pyrrole nitrogens is 1. The molecule has 1 heterocycles. The fourth-order valence-corrected chi connectivity index (χ4v) is 0.557. The highest BCUT2D eigenvalue weighted by Crippen LogP contribution is 2.05. The van der Waals surface area contributed by atoms with Gasteiger partial charge in [-0.05, 0) is 0 Å². The molecule has 0 fully saturated rings. The lowest BCUT2D eigenvalue weighted by atomic mass is 10.5. The summed E-state index contributed by atoms with van der Waals surface area (Å²) in [6, 6.07) is 0. The summed E-state index contributed by atoms with van der Waals surface area (Å²) in [7, 11) is 0. The smallest absolute Gasteiger partial charge is 0.288 e. The molecule has 3 N–H and O–H groups in total. The number of aromatic nitrogens is 2. The maximum absolute atomic E-state index is 10.5. The van der Waals surface area contributed by atoms with Crippen molar-refractivity contribution in [3.05, 3.63) is 16.6 Å². The Labute approximate surface area is 56.5 Å². The number of rotatable bonds is 0. The summed E-state index contributed by atoms with van der Waals surface area (Å²) in [6.07, 6.45) is 1.37. The summed E-state index contributed by atoms with van der Waals surface area (Å²) >= 11 is 3.86. The Morgan fingerprint density at radius 3 is 2.89 bits per heavy atom. The summed E-state index contributed by atoms with van der Waals surface area (Å²) in [5.74, 6) is 0. The van der Waals surface area contributed by atoms with Crippen molar-refractivity contribution in [1.29, 1.82) is 0 Å². The number of nitrogen functional groups attached to an aromatic ring is 1. The van der Waals surface area contributed by atoms with Crippen LogP contribution in [-0.2, 0) is 0 Å². The van der Waals surface area contributed by atoms with Crippen LogP contribution in [-0.4, -0.2) is 10.2 Å². The summed E-state index contributed by atoms with van der Waals surface area (Å²) in [5.41, 5.74) is 4.93. The number of nitrogens with zero attached hydrogens (tertiary/aromatic N) is 1. The molecule has 1 rings (SSSR count). The minimum absolute atomic E-state index is 0.105. The van der Waals surface area contributed by atoms with Gasteiger partial charge in [-0.3, -0.25) is 4.79 Å². The van der Waals surface area contributed by atoms with Crippen molar-refractivity contribution >= 4 is 18.3 Å². The van der Waals surface area contributed by atoms with Gasteiger partial charge in [0, 0.05) is 0 Å². The quantitative estimate of drug-likeness (QED) is 0.434. The van der Waals surface area contributed by atoms with E-state index in [0.717, 1.165) is 0 Å². The third kappa shape index (κ3) is 1.05. The molecule has 0 radical (unpaired) electrons. The molecule has 48 valence electrons. The highest BCUT2D eigenvalue weighted by atomic mass is 32.1. The lowest BCUT2D eigenvalue weighted by Gasteiger charge is -1.91. The van der Waals surface area contributed by atoms with Crippen molar-refractivity contribution in [2.24, 2.45) is 0 Å². The minimum atomic E-state index is -0.400. The van der Waals surface area contributed by atoms with E-state index in [-0.39, 0.29) is 5.69 Å². The van der Waals surface area contributed by atoms with Gasteiger partial charge in [-0.25, -0.2) is 5.10 Å². The Morgan fingerprint density at radius 1 is 1.78 bits per heavy atom. The molecule has 5 heteroatoms. The fourth-order valence-electron chi connectivity index (χ4n) is 0.398. The van der Waals surface area contributed by atoms with Crippen molar-refractivity contribution in [2.45, 2.75) is 4.90 Å². The molecular weight excluding hydrogens is 138 g/mol. The van der Waals surface area contributed by atoms with E-state index < -0.39 is 5.56 Å². The highest BCUT2D eigenvalue weighted by molar-refractivity contribution is 7.80. The normalized spacial score (nSPS) is 9.44. The molecule has 0 atom stereocenters. The number of nitrogens with two attached hydrogens (primary N) is 1. The van der Waals surface area contributed by atoms with Crippen molar-refractivity contribution in [3.63, 3.8) is 0 Å². The number of hydrogen-bond acceptors (Lipinski definition) is 4. The summed E-state index contributed by atoms with van der Waals surface area (Å²) < 4.78 is 0. The van der Waals surface area contributed by atoms with Crippen LogP contribution >= 0.6 is 12.6 Å². The largest absolute Gasteiger partial charge is 0.393 e. The Hall–Kier alpha value is -0.970. The second-order valence-corrected chi connectivity index (χ2v) is 1.98. The molecule has 0 aliphatic carbocycles. The number of nitrogens with one attached hydrogen (secondary N) is 1. The van der Waals surface area contributed by atoms with Crippen molar-refractivity contribution in [2.75, 3.05) is 5.73 Å². The lowest BCUT2D eigenvalue weighted by molar-refractivity contribution is 0.964. The van der Waals surface area contributed by atoms with Gasteiger partial charge >= 0.3 is 0 Å². The van der Waals surface area contributed by atoms with Gasteiger partial charge in [0.2, 0.25) is 0 Å². The van der Waals surface area contributed by atoms with Crippen LogP contribution in [0.2, 0.25) is 0 Å². The molecule has 4 nitrogen and oxygen atoms in total. The van der Waals surface area contributed by atoms with E-state index in [1.807, 2.05) is 0 Å². The van der Waals surface area contributed by atoms with Crippen LogP contribution in [0.3, 0.4) is 0 Å². The van der Waals surface area contributed by atoms with E-state index in [4.69, 9.17) is 5.73 Å². The second-order valence-electron chi connectivity index (χ2n) is 1.50. The van der Waals surface area contributed by atoms with Crippen molar-refractivity contribution in [1.82, 2.24) is 10.2 Å². The zero-order valence-corrected chi connectivity index (χ0v) is 5.35. The molecule has 1 aromatic rings. The molecule has 0 unspecified atom stereocenters. The SMILES string of the molecule is Nc1c(S)cn[nH]c1=O. The van der Waals surface area contributed by atoms with Gasteiger partial charge in [0.05, 0.1) is 11.1 Å². The molecule has 0 aromatic carbocycles. The summed E-state index contributed by atoms with van der Waals surface area (Å²) in [6.45, 7) is 0. The van der Waals surface area contributed by atoms with Crippen LogP contribution in [0.4, 0.5) is 5.69 Å². The summed E-state index contributed by atoms with van der Waals surface area (Å²) in [5, 5.41) is 5.61. The Bertz CT molecular complexity index is 269. The molecule has 0 aliphatic rings. The second kappa shape index (κ2) is 2.10. The first-order valence-electron chi connectivity index (χ1n) is 2.24. The van der Waals surface area contributed by atoms with Crippen LogP contribution in [0, 0.1) is 0 Å². The third-order valence-electron chi connectivity index (χ3n) is 0.874. The number of hydrogen-bond donors (Lipinski definition) is 3. The predicted octanol–water partition coefficient (Wildman–Crippen LogP) is -0.359. The highest BCUT2D eigenvalue weighted by Gasteiger charge is 1.95. The topological polar surface area (TPSA) is 71.8 Å². The Morgan fingerprint density at radius 2 is 2.44 bits per heavy atom. The maximum atomic E-state index is 10.5. The van der Waals surface area contributed by atoms with E-state index in [1.165, 1.54) is 6.20 Å². The van der Waals surface area contributed by atoms with Gasteiger partial charge in [-0.2, -0.15) is 5.10 Å². The molecule has 9 heavy (non-hydrogen) atoms. The monoisotopic (exact) mass is 143 g/mol. The molecule has 0 amide bonds. The molecular formula is C4H5N3OS. The fraction of sp³-hybridized carbons (Fsp3) is 0. The molecule has 0 spiro atoms. The summed E-state index contributed by atoms with van der Waals surface area (Å²) in [4.78, 5) is 10.9. The first kappa shape index (κ1) is 6.15. The van der Waals surface area contributed by atoms with Crippen LogP contribution in [0.15, 0.2) is 15.9 Å². The first-order valence-corrected chi connectivity index (χ1v) is 2.68. The van der Waals surface area contributed by atoms with Crippen molar-refractivity contribution in [3.8, 4) is 0 Å². The van der Waals surface area contributed by atoms with Gasteiger partial charge in [-0.1, -0.05) is 0 Å². The predicted molar refractivity (Wildman–Crippen MR) is 36.5 cm³/mol. The van der Waals surface area contributed by atoms with Gasteiger partial charge in [0.15, 0.2) is 0 Å². The van der Waals surface area contributed by atoms with Crippen LogP contribution < -0.4 is 11.3 Å². The third-order valence-corrected chi connectivity index (χ3v) is 1.23. The van der Waals surface area contributed by atoms with Gasteiger partial charge in [0.1, 0.15) is 5.69 Å². The maximum Gasteiger partial charge on any atom is 0.288 e. The molecule has 0 saturated heterocycles. The molecule has 0 saturated carbocycles. The first-order chi connectivity index (χ1) is 4.22. The Balaban J connectivity index is 3.43. The van der Waals surface area contributed by atoms with Gasteiger partial charge in [0.25, 0.3) is 5.56 Å². The van der Waals surface area contributed by atoms with Crippen molar-refractivity contribution < 1.29 is 0 Å². The molecule has 0 aliphatic heterocycles. The molecule has 1 aromatic heterocycles. The average molecular weight is 143 g/mol. The van der Waals surface area contributed by atoms with E-state index in [9.17, 15) is 4.79 Å². The Kier molecular flexibility index (Phi) is 1.44. The zero-order chi connectivity index (χ0) is 6.85. The van der Waals surface area contributed by atoms with Crippen LogP contribution in [0.5, 0.6) is 0 Å². The standard InChI is InChI=1S/C4H5N3OS/c5-3-2(9)1-6-7-4(3)8/h1H,(H2,5,6)(H2,7,8,9).